The van der Waals surface area contributed by atoms with Crippen LogP contribution in [0, 0.1) is 0 Å². The van der Waals surface area contributed by atoms with Crippen LogP contribution in [-0.2, 0) is 16.1 Å². The summed E-state index contributed by atoms with van der Waals surface area (Å²) in [4.78, 5) is 27.8. The predicted molar refractivity (Wildman–Crippen MR) is 131 cm³/mol. The average Bonchev–Trinajstić information content (AvgIpc) is 3.37. The van der Waals surface area contributed by atoms with Crippen LogP contribution in [0.3, 0.4) is 0 Å². The van der Waals surface area contributed by atoms with Crippen LogP contribution < -0.4 is 10.1 Å². The summed E-state index contributed by atoms with van der Waals surface area (Å²) in [7, 11) is 1.80. The van der Waals surface area contributed by atoms with Gasteiger partial charge in [0.1, 0.15) is 17.2 Å². The van der Waals surface area contributed by atoms with Gasteiger partial charge in [0, 0.05) is 12.7 Å². The molecule has 0 spiro atoms. The van der Waals surface area contributed by atoms with Gasteiger partial charge in [-0.2, -0.15) is 0 Å². The van der Waals surface area contributed by atoms with Crippen LogP contribution in [0.4, 0.5) is 0 Å². The van der Waals surface area contributed by atoms with Gasteiger partial charge in [-0.3, -0.25) is 0 Å². The molecule has 0 saturated heterocycles. The van der Waals surface area contributed by atoms with Gasteiger partial charge in [0.15, 0.2) is 5.11 Å². The maximum absolute atomic E-state index is 13.2. The molecule has 0 amide bonds. The smallest absolute Gasteiger partial charge is 0.353 e. The van der Waals surface area contributed by atoms with E-state index in [1.807, 2.05) is 48.7 Å². The second kappa shape index (κ2) is 9.97. The minimum absolute atomic E-state index is 0.163. The number of benzene rings is 2. The summed E-state index contributed by atoms with van der Waals surface area (Å²) in [5.74, 6) is -0.486. The molecular weight excluding hydrogens is 456 g/mol. The number of rotatable bonds is 6. The minimum atomic E-state index is -0.544. The number of nitrogens with one attached hydrogen (secondary N) is 1. The highest BCUT2D eigenvalue weighted by Gasteiger charge is 2.33. The highest BCUT2D eigenvalue weighted by Crippen LogP contribution is 2.32. The van der Waals surface area contributed by atoms with Gasteiger partial charge < -0.3 is 19.7 Å². The van der Waals surface area contributed by atoms with E-state index in [0.29, 0.717) is 27.0 Å². The molecule has 33 heavy (non-hydrogen) atoms. The standard InChI is InChI=1S/C25H22N2O4S2/c1-16-21(24(29)30-15-17-8-4-3-5-9-17)22(26-25(32)27(16)2)18-10-6-11-19(14-18)31-23(28)20-12-7-13-33-20/h3-14,22H,15H2,1-2H3,(H,26,32). The van der Waals surface area contributed by atoms with Crippen LogP contribution in [0.1, 0.15) is 33.8 Å². The molecule has 6 nitrogen and oxygen atoms in total. The van der Waals surface area contributed by atoms with Gasteiger partial charge in [0.25, 0.3) is 0 Å². The number of thiophene rings is 1. The molecule has 168 valence electrons. The molecule has 1 aliphatic heterocycles. The topological polar surface area (TPSA) is 67.9 Å². The molecule has 4 rings (SSSR count). The third-order valence-corrected chi connectivity index (χ3v) is 6.55. The summed E-state index contributed by atoms with van der Waals surface area (Å²) in [5.41, 5.74) is 2.77. The molecule has 8 heteroatoms. The number of hydrogen-bond acceptors (Lipinski definition) is 6. The molecule has 3 aromatic rings. The van der Waals surface area contributed by atoms with E-state index in [2.05, 4.69) is 5.32 Å². The molecule has 1 N–H and O–H groups in total. The molecule has 2 heterocycles. The molecule has 1 aromatic heterocycles. The average molecular weight is 479 g/mol. The normalized spacial score (nSPS) is 15.8. The van der Waals surface area contributed by atoms with E-state index in [-0.39, 0.29) is 6.61 Å². The molecule has 1 aliphatic rings. The van der Waals surface area contributed by atoms with E-state index in [4.69, 9.17) is 21.7 Å². The molecule has 0 radical (unpaired) electrons. The van der Waals surface area contributed by atoms with Crippen LogP contribution in [0.25, 0.3) is 0 Å². The van der Waals surface area contributed by atoms with Gasteiger partial charge >= 0.3 is 11.9 Å². The Morgan fingerprint density at radius 1 is 1.06 bits per heavy atom. The number of thiocarbonyl (C=S) groups is 1. The van der Waals surface area contributed by atoms with E-state index in [1.54, 1.807) is 42.3 Å². The van der Waals surface area contributed by atoms with Gasteiger partial charge in [-0.25, -0.2) is 9.59 Å². The van der Waals surface area contributed by atoms with Crippen molar-refractivity contribution in [3.05, 3.63) is 99.4 Å². The van der Waals surface area contributed by atoms with E-state index in [9.17, 15) is 9.59 Å². The van der Waals surface area contributed by atoms with Crippen molar-refractivity contribution in [2.24, 2.45) is 0 Å². The lowest BCUT2D eigenvalue weighted by Crippen LogP contribution is -2.46. The fraction of sp³-hybridized carbons (Fsp3) is 0.160. The van der Waals surface area contributed by atoms with Crippen LogP contribution in [0.15, 0.2) is 83.4 Å². The fourth-order valence-electron chi connectivity index (χ4n) is 3.46. The first-order valence-electron chi connectivity index (χ1n) is 10.3. The number of hydrogen-bond donors (Lipinski definition) is 1. The van der Waals surface area contributed by atoms with Crippen LogP contribution >= 0.6 is 23.6 Å². The van der Waals surface area contributed by atoms with E-state index in [0.717, 1.165) is 11.1 Å². The van der Waals surface area contributed by atoms with Gasteiger partial charge in [0.05, 0.1) is 11.6 Å². The number of carbonyl (C=O) groups excluding carboxylic acids is 2. The third kappa shape index (κ3) is 5.13. The summed E-state index contributed by atoms with van der Waals surface area (Å²) in [6.07, 6.45) is 0. The molecule has 2 aromatic carbocycles. The Morgan fingerprint density at radius 2 is 1.85 bits per heavy atom. The third-order valence-electron chi connectivity index (χ3n) is 5.31. The molecule has 0 saturated carbocycles. The zero-order valence-electron chi connectivity index (χ0n) is 18.1. The lowest BCUT2D eigenvalue weighted by atomic mass is 9.95. The Hall–Kier alpha value is -3.49. The number of ether oxygens (including phenoxy) is 2. The zero-order valence-corrected chi connectivity index (χ0v) is 19.7. The quantitative estimate of drug-likeness (QED) is 0.309. The summed E-state index contributed by atoms with van der Waals surface area (Å²) in [6, 6.07) is 19.5. The van der Waals surface area contributed by atoms with Crippen molar-refractivity contribution in [1.82, 2.24) is 10.2 Å². The number of esters is 2. The summed E-state index contributed by atoms with van der Waals surface area (Å²) in [5, 5.41) is 5.51. The van der Waals surface area contributed by atoms with Crippen molar-refractivity contribution in [3.63, 3.8) is 0 Å². The van der Waals surface area contributed by atoms with Crippen molar-refractivity contribution in [1.29, 1.82) is 0 Å². The largest absolute Gasteiger partial charge is 0.457 e. The van der Waals surface area contributed by atoms with Gasteiger partial charge in [-0.15, -0.1) is 11.3 Å². The van der Waals surface area contributed by atoms with Crippen LogP contribution in [-0.4, -0.2) is 29.0 Å². The zero-order chi connectivity index (χ0) is 23.4. The second-order valence-corrected chi connectivity index (χ2v) is 8.78. The van der Waals surface area contributed by atoms with Crippen molar-refractivity contribution in [2.45, 2.75) is 19.6 Å². The summed E-state index contributed by atoms with van der Waals surface area (Å²) in [6.45, 7) is 2.00. The van der Waals surface area contributed by atoms with E-state index < -0.39 is 18.0 Å². The molecular formula is C25H22N2O4S2. The number of carbonyl (C=O) groups is 2. The van der Waals surface area contributed by atoms with E-state index >= 15 is 0 Å². The minimum Gasteiger partial charge on any atom is -0.457 e. The Kier molecular flexibility index (Phi) is 6.86. The molecule has 1 atom stereocenters. The van der Waals surface area contributed by atoms with Crippen molar-refractivity contribution in [3.8, 4) is 5.75 Å². The number of nitrogens with zero attached hydrogens (tertiary/aromatic N) is 1. The van der Waals surface area contributed by atoms with Gasteiger partial charge in [-0.1, -0.05) is 48.5 Å². The molecule has 1 unspecified atom stereocenters. The Morgan fingerprint density at radius 3 is 2.58 bits per heavy atom. The summed E-state index contributed by atoms with van der Waals surface area (Å²) >= 11 is 6.78. The molecule has 0 bridgehead atoms. The van der Waals surface area contributed by atoms with Crippen molar-refractivity contribution in [2.75, 3.05) is 7.05 Å². The van der Waals surface area contributed by atoms with Crippen molar-refractivity contribution >= 4 is 40.6 Å². The maximum atomic E-state index is 13.2. The molecule has 0 aliphatic carbocycles. The van der Waals surface area contributed by atoms with Crippen molar-refractivity contribution < 1.29 is 19.1 Å². The Labute approximate surface area is 201 Å². The van der Waals surface area contributed by atoms with Crippen LogP contribution in [0.2, 0.25) is 0 Å². The monoisotopic (exact) mass is 478 g/mol. The highest BCUT2D eigenvalue weighted by molar-refractivity contribution is 7.80. The first-order valence-corrected chi connectivity index (χ1v) is 11.5. The second-order valence-electron chi connectivity index (χ2n) is 7.44. The maximum Gasteiger partial charge on any atom is 0.353 e. The first kappa shape index (κ1) is 22.7. The fourth-order valence-corrected chi connectivity index (χ4v) is 4.31. The lowest BCUT2D eigenvalue weighted by molar-refractivity contribution is -0.140. The Balaban J connectivity index is 1.60. The molecule has 0 fully saturated rings. The summed E-state index contributed by atoms with van der Waals surface area (Å²) < 4.78 is 11.2. The predicted octanol–water partition coefficient (Wildman–Crippen LogP) is 4.85. The van der Waals surface area contributed by atoms with Gasteiger partial charge in [-0.05, 0) is 53.8 Å². The Bertz CT molecular complexity index is 1210. The van der Waals surface area contributed by atoms with E-state index in [1.165, 1.54) is 11.3 Å². The van der Waals surface area contributed by atoms with Gasteiger partial charge in [0.2, 0.25) is 0 Å². The van der Waals surface area contributed by atoms with Crippen LogP contribution in [0.5, 0.6) is 5.75 Å². The lowest BCUT2D eigenvalue weighted by Gasteiger charge is -2.35. The number of allylic oxidation sites excluding steroid dienone is 1. The highest BCUT2D eigenvalue weighted by atomic mass is 32.1. The SMILES string of the molecule is CC1=C(C(=O)OCc2ccccc2)C(c2cccc(OC(=O)c3cccs3)c2)NC(=S)N1C. The first-order chi connectivity index (χ1) is 15.9.